The molecule has 0 fully saturated rings. The predicted molar refractivity (Wildman–Crippen MR) is 83.8 cm³/mol. The fraction of sp³-hybridized carbons (Fsp3) is 0.467. The minimum atomic E-state index is -1.03. The SMILES string of the molecule is CCC(C)C(NC(=O)Nc1cccc(N(C)C)c1)C(=O)O. The Kier molecular flexibility index (Phi) is 6.02. The topological polar surface area (TPSA) is 81.7 Å². The normalized spacial score (nSPS) is 13.1. The number of carbonyl (C=O) groups is 2. The molecule has 0 heterocycles. The van der Waals surface area contributed by atoms with Crippen LogP contribution in [0.2, 0.25) is 0 Å². The second-order valence-corrected chi connectivity index (χ2v) is 5.24. The summed E-state index contributed by atoms with van der Waals surface area (Å²) in [5, 5.41) is 14.3. The quantitative estimate of drug-likeness (QED) is 0.752. The molecule has 0 radical (unpaired) electrons. The number of nitrogens with zero attached hydrogens (tertiary/aromatic N) is 1. The average molecular weight is 293 g/mol. The number of hydrogen-bond donors (Lipinski definition) is 3. The highest BCUT2D eigenvalue weighted by atomic mass is 16.4. The molecule has 0 aliphatic heterocycles. The van der Waals surface area contributed by atoms with E-state index in [9.17, 15) is 9.59 Å². The monoisotopic (exact) mass is 293 g/mol. The van der Waals surface area contributed by atoms with Crippen molar-refractivity contribution in [1.82, 2.24) is 5.32 Å². The lowest BCUT2D eigenvalue weighted by Crippen LogP contribution is -2.46. The number of amides is 2. The Morgan fingerprint density at radius 1 is 1.33 bits per heavy atom. The Bertz CT molecular complexity index is 503. The summed E-state index contributed by atoms with van der Waals surface area (Å²) in [5.74, 6) is -1.16. The molecule has 3 N–H and O–H groups in total. The van der Waals surface area contributed by atoms with Crippen LogP contribution in [0.5, 0.6) is 0 Å². The molecular weight excluding hydrogens is 270 g/mol. The number of hydrogen-bond acceptors (Lipinski definition) is 3. The molecular formula is C15H23N3O3. The maximum atomic E-state index is 11.9. The molecule has 6 heteroatoms. The summed E-state index contributed by atoms with van der Waals surface area (Å²) in [4.78, 5) is 25.0. The lowest BCUT2D eigenvalue weighted by Gasteiger charge is -2.20. The molecule has 1 aromatic carbocycles. The molecule has 1 aromatic rings. The second-order valence-electron chi connectivity index (χ2n) is 5.24. The van der Waals surface area contributed by atoms with Crippen LogP contribution in [0.25, 0.3) is 0 Å². The third-order valence-electron chi connectivity index (χ3n) is 3.39. The van der Waals surface area contributed by atoms with Crippen LogP contribution in [0, 0.1) is 5.92 Å². The smallest absolute Gasteiger partial charge is 0.326 e. The maximum Gasteiger partial charge on any atom is 0.326 e. The summed E-state index contributed by atoms with van der Waals surface area (Å²) in [5.41, 5.74) is 1.57. The van der Waals surface area contributed by atoms with Gasteiger partial charge < -0.3 is 20.6 Å². The van der Waals surface area contributed by atoms with Crippen LogP contribution in [0.1, 0.15) is 20.3 Å². The van der Waals surface area contributed by atoms with Crippen molar-refractivity contribution < 1.29 is 14.7 Å². The van der Waals surface area contributed by atoms with E-state index in [-0.39, 0.29) is 5.92 Å². The Hall–Kier alpha value is -2.24. The van der Waals surface area contributed by atoms with Crippen molar-refractivity contribution in [3.63, 3.8) is 0 Å². The van der Waals surface area contributed by atoms with Crippen LogP contribution in [-0.2, 0) is 4.79 Å². The van der Waals surface area contributed by atoms with Crippen molar-refractivity contribution in [2.45, 2.75) is 26.3 Å². The number of nitrogens with one attached hydrogen (secondary N) is 2. The molecule has 1 rings (SSSR count). The van der Waals surface area contributed by atoms with E-state index >= 15 is 0 Å². The zero-order valence-electron chi connectivity index (χ0n) is 12.9. The highest BCUT2D eigenvalue weighted by Gasteiger charge is 2.25. The van der Waals surface area contributed by atoms with E-state index in [1.54, 1.807) is 13.0 Å². The molecule has 0 aliphatic rings. The third-order valence-corrected chi connectivity index (χ3v) is 3.39. The van der Waals surface area contributed by atoms with E-state index in [0.29, 0.717) is 12.1 Å². The van der Waals surface area contributed by atoms with Crippen molar-refractivity contribution in [2.24, 2.45) is 5.92 Å². The molecule has 0 saturated heterocycles. The van der Waals surface area contributed by atoms with Crippen LogP contribution in [0.15, 0.2) is 24.3 Å². The van der Waals surface area contributed by atoms with Gasteiger partial charge in [0.2, 0.25) is 0 Å². The van der Waals surface area contributed by atoms with Gasteiger partial charge in [-0.05, 0) is 24.1 Å². The number of carboxylic acid groups (broad SMARTS) is 1. The molecule has 0 bridgehead atoms. The van der Waals surface area contributed by atoms with E-state index in [4.69, 9.17) is 5.11 Å². The summed E-state index contributed by atoms with van der Waals surface area (Å²) >= 11 is 0. The zero-order valence-corrected chi connectivity index (χ0v) is 12.9. The van der Waals surface area contributed by atoms with Gasteiger partial charge in [-0.15, -0.1) is 0 Å². The fourth-order valence-electron chi connectivity index (χ4n) is 1.85. The number of urea groups is 1. The lowest BCUT2D eigenvalue weighted by atomic mass is 9.99. The number of benzene rings is 1. The zero-order chi connectivity index (χ0) is 16.0. The van der Waals surface area contributed by atoms with Crippen LogP contribution < -0.4 is 15.5 Å². The van der Waals surface area contributed by atoms with Gasteiger partial charge in [0.1, 0.15) is 6.04 Å². The molecule has 0 aliphatic carbocycles. The van der Waals surface area contributed by atoms with Gasteiger partial charge in [0.15, 0.2) is 0 Å². The average Bonchev–Trinajstić information content (AvgIpc) is 2.43. The Morgan fingerprint density at radius 2 is 2.00 bits per heavy atom. The first kappa shape index (κ1) is 16.8. The van der Waals surface area contributed by atoms with E-state index in [0.717, 1.165) is 5.69 Å². The molecule has 0 spiro atoms. The van der Waals surface area contributed by atoms with Crippen molar-refractivity contribution in [3.05, 3.63) is 24.3 Å². The summed E-state index contributed by atoms with van der Waals surface area (Å²) in [6.45, 7) is 3.69. The van der Waals surface area contributed by atoms with Crippen LogP contribution in [-0.4, -0.2) is 37.2 Å². The van der Waals surface area contributed by atoms with Gasteiger partial charge in [0, 0.05) is 25.5 Å². The Morgan fingerprint density at radius 3 is 2.52 bits per heavy atom. The van der Waals surface area contributed by atoms with Crippen LogP contribution in [0.4, 0.5) is 16.2 Å². The van der Waals surface area contributed by atoms with E-state index in [1.165, 1.54) is 0 Å². The number of rotatable bonds is 6. The highest BCUT2D eigenvalue weighted by molar-refractivity contribution is 5.92. The second kappa shape index (κ2) is 7.52. The maximum absolute atomic E-state index is 11.9. The van der Waals surface area contributed by atoms with Gasteiger partial charge in [0.05, 0.1) is 0 Å². The number of carboxylic acids is 1. The van der Waals surface area contributed by atoms with Gasteiger partial charge in [-0.2, -0.15) is 0 Å². The number of carbonyl (C=O) groups excluding carboxylic acids is 1. The first-order valence-electron chi connectivity index (χ1n) is 6.92. The Labute approximate surface area is 125 Å². The summed E-state index contributed by atoms with van der Waals surface area (Å²) in [6.07, 6.45) is 0.674. The molecule has 0 aromatic heterocycles. The standard InChI is InChI=1S/C15H23N3O3/c1-5-10(2)13(14(19)20)17-15(21)16-11-7-6-8-12(9-11)18(3)4/h6-10,13H,5H2,1-4H3,(H,19,20)(H2,16,17,21). The molecule has 2 amide bonds. The lowest BCUT2D eigenvalue weighted by molar-refractivity contribution is -0.140. The molecule has 116 valence electrons. The molecule has 21 heavy (non-hydrogen) atoms. The van der Waals surface area contributed by atoms with Crippen molar-refractivity contribution >= 4 is 23.4 Å². The Balaban J connectivity index is 2.72. The summed E-state index contributed by atoms with van der Waals surface area (Å²) in [6, 6.07) is 5.91. The summed E-state index contributed by atoms with van der Waals surface area (Å²) < 4.78 is 0. The number of aliphatic carboxylic acids is 1. The van der Waals surface area contributed by atoms with E-state index in [1.807, 2.05) is 44.1 Å². The largest absolute Gasteiger partial charge is 0.480 e. The van der Waals surface area contributed by atoms with Crippen molar-refractivity contribution in [1.29, 1.82) is 0 Å². The van der Waals surface area contributed by atoms with Crippen LogP contribution >= 0.6 is 0 Å². The van der Waals surface area contributed by atoms with Gasteiger partial charge in [-0.1, -0.05) is 26.3 Å². The van der Waals surface area contributed by atoms with Crippen LogP contribution in [0.3, 0.4) is 0 Å². The molecule has 2 atom stereocenters. The predicted octanol–water partition coefficient (Wildman–Crippen LogP) is 2.37. The van der Waals surface area contributed by atoms with Gasteiger partial charge in [-0.3, -0.25) is 0 Å². The van der Waals surface area contributed by atoms with Crippen molar-refractivity contribution in [3.8, 4) is 0 Å². The first-order valence-corrected chi connectivity index (χ1v) is 6.92. The van der Waals surface area contributed by atoms with E-state index < -0.39 is 18.0 Å². The fourth-order valence-corrected chi connectivity index (χ4v) is 1.85. The molecule has 6 nitrogen and oxygen atoms in total. The third kappa shape index (κ3) is 4.98. The van der Waals surface area contributed by atoms with E-state index in [2.05, 4.69) is 10.6 Å². The summed E-state index contributed by atoms with van der Waals surface area (Å²) in [7, 11) is 3.81. The minimum Gasteiger partial charge on any atom is -0.480 e. The molecule has 0 saturated carbocycles. The molecule has 2 unspecified atom stereocenters. The van der Waals surface area contributed by atoms with Gasteiger partial charge >= 0.3 is 12.0 Å². The van der Waals surface area contributed by atoms with Gasteiger partial charge in [-0.25, -0.2) is 9.59 Å². The van der Waals surface area contributed by atoms with Gasteiger partial charge in [0.25, 0.3) is 0 Å². The number of anilines is 2. The first-order chi connectivity index (χ1) is 9.85. The van der Waals surface area contributed by atoms with Crippen molar-refractivity contribution in [2.75, 3.05) is 24.3 Å². The highest BCUT2D eigenvalue weighted by Crippen LogP contribution is 2.17. The minimum absolute atomic E-state index is 0.138.